The maximum Gasteiger partial charge on any atom is 0.0991 e. The average Bonchev–Trinajstić information content (AvgIpc) is 2.97. The van der Waals surface area contributed by atoms with Crippen LogP contribution in [0.2, 0.25) is 0 Å². The lowest BCUT2D eigenvalue weighted by molar-refractivity contribution is 0.152. The number of imidazole rings is 1. The van der Waals surface area contributed by atoms with Gasteiger partial charge in [-0.2, -0.15) is 0 Å². The Balaban J connectivity index is 1.62. The Labute approximate surface area is 121 Å². The molecule has 3 nitrogen and oxygen atoms in total. The molecule has 0 saturated heterocycles. The molecule has 20 heavy (non-hydrogen) atoms. The highest BCUT2D eigenvalue weighted by Gasteiger charge is 2.31. The lowest BCUT2D eigenvalue weighted by Gasteiger charge is -2.39. The van der Waals surface area contributed by atoms with Crippen LogP contribution in [-0.4, -0.2) is 16.1 Å². The van der Waals surface area contributed by atoms with Gasteiger partial charge in [-0.25, -0.2) is 4.98 Å². The molecule has 0 aliphatic heterocycles. The normalized spacial score (nSPS) is 18.5. The summed E-state index contributed by atoms with van der Waals surface area (Å²) in [5, 5.41) is 3.68. The molecule has 2 aromatic rings. The van der Waals surface area contributed by atoms with E-state index in [0.717, 1.165) is 12.2 Å². The van der Waals surface area contributed by atoms with Gasteiger partial charge in [-0.1, -0.05) is 25.5 Å². The highest BCUT2D eigenvalue weighted by Crippen LogP contribution is 2.39. The van der Waals surface area contributed by atoms with Crippen molar-refractivity contribution in [1.29, 1.82) is 0 Å². The lowest BCUT2D eigenvalue weighted by atomic mass is 9.70. The van der Waals surface area contributed by atoms with Crippen LogP contribution in [0.5, 0.6) is 0 Å². The van der Waals surface area contributed by atoms with Crippen molar-refractivity contribution in [3.8, 4) is 5.69 Å². The standard InChI is InChI=1S/C17H23N3/c1-14(19-12-17(2)8-3-9-17)15-4-6-16(7-5-15)20-11-10-18-13-20/h4-7,10-11,13-14,19H,3,8-9,12H2,1-2H3. The van der Waals surface area contributed by atoms with Gasteiger partial charge in [0.25, 0.3) is 0 Å². The van der Waals surface area contributed by atoms with Crippen molar-refractivity contribution in [3.05, 3.63) is 48.5 Å². The number of benzene rings is 1. The SMILES string of the molecule is CC(NCC1(C)CCC1)c1ccc(-n2ccnc2)cc1. The minimum atomic E-state index is 0.407. The Kier molecular flexibility index (Phi) is 3.62. The predicted molar refractivity (Wildman–Crippen MR) is 81.9 cm³/mol. The molecule has 1 atom stereocenters. The van der Waals surface area contributed by atoms with Gasteiger partial charge in [-0.3, -0.25) is 0 Å². The monoisotopic (exact) mass is 269 g/mol. The van der Waals surface area contributed by atoms with E-state index in [2.05, 4.69) is 48.4 Å². The summed E-state index contributed by atoms with van der Waals surface area (Å²) in [6.07, 6.45) is 9.73. The summed E-state index contributed by atoms with van der Waals surface area (Å²) < 4.78 is 2.03. The molecule has 1 saturated carbocycles. The Morgan fingerprint density at radius 1 is 1.30 bits per heavy atom. The minimum Gasteiger partial charge on any atom is -0.310 e. The van der Waals surface area contributed by atoms with Crippen LogP contribution in [0.3, 0.4) is 0 Å². The molecule has 1 aliphatic carbocycles. The number of rotatable bonds is 5. The summed E-state index contributed by atoms with van der Waals surface area (Å²) in [5.74, 6) is 0. The van der Waals surface area contributed by atoms with Crippen LogP contribution in [-0.2, 0) is 0 Å². The third-order valence-corrected chi connectivity index (χ3v) is 4.59. The second kappa shape index (κ2) is 5.41. The highest BCUT2D eigenvalue weighted by molar-refractivity contribution is 5.35. The third kappa shape index (κ3) is 2.78. The first-order valence-electron chi connectivity index (χ1n) is 7.48. The van der Waals surface area contributed by atoms with Crippen LogP contribution in [0.4, 0.5) is 0 Å². The molecule has 1 unspecified atom stereocenters. The third-order valence-electron chi connectivity index (χ3n) is 4.59. The van der Waals surface area contributed by atoms with E-state index < -0.39 is 0 Å². The molecular weight excluding hydrogens is 246 g/mol. The Hall–Kier alpha value is -1.61. The molecular formula is C17H23N3. The van der Waals surface area contributed by atoms with Crippen molar-refractivity contribution < 1.29 is 0 Å². The van der Waals surface area contributed by atoms with Gasteiger partial charge in [0.15, 0.2) is 0 Å². The Morgan fingerprint density at radius 2 is 2.05 bits per heavy atom. The number of hydrogen-bond acceptors (Lipinski definition) is 2. The van der Waals surface area contributed by atoms with Crippen LogP contribution >= 0.6 is 0 Å². The van der Waals surface area contributed by atoms with Crippen molar-refractivity contribution in [3.63, 3.8) is 0 Å². The van der Waals surface area contributed by atoms with Gasteiger partial charge in [0, 0.05) is 30.7 Å². The predicted octanol–water partition coefficient (Wildman–Crippen LogP) is 3.71. The van der Waals surface area contributed by atoms with E-state index in [0.29, 0.717) is 11.5 Å². The number of aromatic nitrogens is 2. The topological polar surface area (TPSA) is 29.9 Å². The van der Waals surface area contributed by atoms with Gasteiger partial charge >= 0.3 is 0 Å². The molecule has 1 aromatic heterocycles. The molecule has 3 rings (SSSR count). The van der Waals surface area contributed by atoms with Gasteiger partial charge in [-0.05, 0) is 42.9 Å². The molecule has 1 N–H and O–H groups in total. The van der Waals surface area contributed by atoms with E-state index in [9.17, 15) is 0 Å². The first-order chi connectivity index (χ1) is 9.66. The van der Waals surface area contributed by atoms with Crippen molar-refractivity contribution >= 4 is 0 Å². The molecule has 1 aromatic carbocycles. The molecule has 1 fully saturated rings. The summed E-state index contributed by atoms with van der Waals surface area (Å²) in [5.41, 5.74) is 3.03. The maximum absolute atomic E-state index is 4.08. The summed E-state index contributed by atoms with van der Waals surface area (Å²) in [7, 11) is 0. The van der Waals surface area contributed by atoms with Crippen molar-refractivity contribution in [2.75, 3.05) is 6.54 Å². The first-order valence-corrected chi connectivity index (χ1v) is 7.48. The molecule has 1 aliphatic rings. The zero-order valence-electron chi connectivity index (χ0n) is 12.3. The van der Waals surface area contributed by atoms with Gasteiger partial charge in [-0.15, -0.1) is 0 Å². The van der Waals surface area contributed by atoms with E-state index >= 15 is 0 Å². The molecule has 3 heteroatoms. The largest absolute Gasteiger partial charge is 0.310 e. The molecule has 1 heterocycles. The number of nitrogens with one attached hydrogen (secondary N) is 1. The van der Waals surface area contributed by atoms with Crippen molar-refractivity contribution in [1.82, 2.24) is 14.9 Å². The molecule has 0 amide bonds. The van der Waals surface area contributed by atoms with Crippen LogP contribution in [0, 0.1) is 5.41 Å². The van der Waals surface area contributed by atoms with Gasteiger partial charge in [0.1, 0.15) is 0 Å². The fraction of sp³-hybridized carbons (Fsp3) is 0.471. The zero-order valence-corrected chi connectivity index (χ0v) is 12.3. The first kappa shape index (κ1) is 13.4. The molecule has 0 radical (unpaired) electrons. The summed E-state index contributed by atoms with van der Waals surface area (Å²) in [6.45, 7) is 5.75. The van der Waals surface area contributed by atoms with Crippen LogP contribution in [0.25, 0.3) is 5.69 Å². The van der Waals surface area contributed by atoms with E-state index in [1.165, 1.54) is 24.8 Å². The Bertz CT molecular complexity index is 538. The summed E-state index contributed by atoms with van der Waals surface area (Å²) >= 11 is 0. The van der Waals surface area contributed by atoms with Gasteiger partial charge < -0.3 is 9.88 Å². The lowest BCUT2D eigenvalue weighted by Crippen LogP contribution is -2.38. The van der Waals surface area contributed by atoms with E-state index in [-0.39, 0.29) is 0 Å². The minimum absolute atomic E-state index is 0.407. The smallest absolute Gasteiger partial charge is 0.0991 e. The second-order valence-electron chi connectivity index (χ2n) is 6.33. The van der Waals surface area contributed by atoms with E-state index in [1.807, 2.05) is 17.1 Å². The fourth-order valence-corrected chi connectivity index (χ4v) is 2.82. The zero-order chi connectivity index (χ0) is 14.0. The quantitative estimate of drug-likeness (QED) is 0.896. The molecule has 106 valence electrons. The van der Waals surface area contributed by atoms with Crippen molar-refractivity contribution in [2.45, 2.75) is 39.2 Å². The number of nitrogens with zero attached hydrogens (tertiary/aromatic N) is 2. The van der Waals surface area contributed by atoms with Crippen molar-refractivity contribution in [2.24, 2.45) is 5.41 Å². The number of hydrogen-bond donors (Lipinski definition) is 1. The average molecular weight is 269 g/mol. The molecule has 0 bridgehead atoms. The second-order valence-corrected chi connectivity index (χ2v) is 6.33. The maximum atomic E-state index is 4.08. The fourth-order valence-electron chi connectivity index (χ4n) is 2.82. The van der Waals surface area contributed by atoms with Crippen LogP contribution in [0.1, 0.15) is 44.7 Å². The van der Waals surface area contributed by atoms with Gasteiger partial charge in [0.05, 0.1) is 6.33 Å². The summed E-state index contributed by atoms with van der Waals surface area (Å²) in [6, 6.07) is 9.12. The van der Waals surface area contributed by atoms with E-state index in [4.69, 9.17) is 0 Å². The van der Waals surface area contributed by atoms with Crippen LogP contribution < -0.4 is 5.32 Å². The summed E-state index contributed by atoms with van der Waals surface area (Å²) in [4.78, 5) is 4.08. The molecule has 0 spiro atoms. The Morgan fingerprint density at radius 3 is 2.60 bits per heavy atom. The highest BCUT2D eigenvalue weighted by atomic mass is 15.0. The van der Waals surface area contributed by atoms with Crippen LogP contribution in [0.15, 0.2) is 43.0 Å². The van der Waals surface area contributed by atoms with E-state index in [1.54, 1.807) is 6.20 Å². The van der Waals surface area contributed by atoms with Gasteiger partial charge in [0.2, 0.25) is 0 Å².